The van der Waals surface area contributed by atoms with Crippen LogP contribution in [0.2, 0.25) is 0 Å². The van der Waals surface area contributed by atoms with Gasteiger partial charge < -0.3 is 10.1 Å². The highest BCUT2D eigenvalue weighted by atomic mass is 16.5. The van der Waals surface area contributed by atoms with Crippen molar-refractivity contribution in [2.24, 2.45) is 5.92 Å². The van der Waals surface area contributed by atoms with Crippen molar-refractivity contribution in [2.45, 2.75) is 62.9 Å². The summed E-state index contributed by atoms with van der Waals surface area (Å²) >= 11 is 0. The largest absolute Gasteiger partial charge is 0.379 e. The average Bonchev–Trinajstić information content (AvgIpc) is 2.89. The van der Waals surface area contributed by atoms with Gasteiger partial charge >= 0.3 is 0 Å². The van der Waals surface area contributed by atoms with Crippen molar-refractivity contribution >= 4 is 0 Å². The summed E-state index contributed by atoms with van der Waals surface area (Å²) in [6, 6.07) is 0.693. The lowest BCUT2D eigenvalue weighted by Crippen LogP contribution is -2.62. The van der Waals surface area contributed by atoms with E-state index in [0.29, 0.717) is 11.6 Å². The van der Waals surface area contributed by atoms with Crippen molar-refractivity contribution in [3.8, 4) is 0 Å². The van der Waals surface area contributed by atoms with Crippen LogP contribution in [-0.2, 0) is 4.74 Å². The van der Waals surface area contributed by atoms with Crippen LogP contribution in [-0.4, -0.2) is 49.8 Å². The molecule has 0 aromatic rings. The highest BCUT2D eigenvalue weighted by Crippen LogP contribution is 2.42. The minimum atomic E-state index is 0.439. The molecule has 110 valence electrons. The molecule has 1 atom stereocenters. The van der Waals surface area contributed by atoms with Gasteiger partial charge in [-0.05, 0) is 32.2 Å². The Labute approximate surface area is 118 Å². The zero-order valence-corrected chi connectivity index (χ0v) is 12.5. The molecule has 1 unspecified atom stereocenters. The quantitative estimate of drug-likeness (QED) is 0.827. The van der Waals surface area contributed by atoms with E-state index in [1.165, 1.54) is 51.4 Å². The number of ether oxygens (including phenoxy) is 1. The summed E-state index contributed by atoms with van der Waals surface area (Å²) < 4.78 is 5.57. The normalized spacial score (nSPS) is 30.2. The van der Waals surface area contributed by atoms with Gasteiger partial charge in [0.05, 0.1) is 13.2 Å². The van der Waals surface area contributed by atoms with E-state index in [2.05, 4.69) is 17.3 Å². The Morgan fingerprint density at radius 2 is 1.84 bits per heavy atom. The minimum Gasteiger partial charge on any atom is -0.379 e. The highest BCUT2D eigenvalue weighted by Gasteiger charge is 2.46. The van der Waals surface area contributed by atoms with Crippen molar-refractivity contribution in [3.63, 3.8) is 0 Å². The Morgan fingerprint density at radius 1 is 1.16 bits per heavy atom. The molecule has 1 aliphatic heterocycles. The molecule has 1 saturated heterocycles. The Bertz CT molecular complexity index is 278. The summed E-state index contributed by atoms with van der Waals surface area (Å²) in [5, 5.41) is 3.70. The van der Waals surface area contributed by atoms with Crippen LogP contribution in [0.25, 0.3) is 0 Å². The smallest absolute Gasteiger partial charge is 0.0594 e. The van der Waals surface area contributed by atoms with Gasteiger partial charge in [-0.2, -0.15) is 0 Å². The number of hydrogen-bond acceptors (Lipinski definition) is 3. The van der Waals surface area contributed by atoms with Crippen LogP contribution in [0.1, 0.15) is 51.4 Å². The standard InChI is InChI=1S/C16H30N2O/c1-17-15(13-14-5-4-6-14)16(7-2-3-8-16)18-9-11-19-12-10-18/h14-15,17H,2-13H2,1H3. The van der Waals surface area contributed by atoms with E-state index in [-0.39, 0.29) is 0 Å². The van der Waals surface area contributed by atoms with Gasteiger partial charge in [-0.3, -0.25) is 4.90 Å². The zero-order valence-electron chi connectivity index (χ0n) is 12.5. The van der Waals surface area contributed by atoms with Crippen LogP contribution in [0.15, 0.2) is 0 Å². The van der Waals surface area contributed by atoms with Crippen molar-refractivity contribution in [2.75, 3.05) is 33.4 Å². The second kappa shape index (κ2) is 6.11. The first-order chi connectivity index (χ1) is 9.35. The summed E-state index contributed by atoms with van der Waals surface area (Å²) in [7, 11) is 2.18. The lowest BCUT2D eigenvalue weighted by molar-refractivity contribution is -0.0395. The number of likely N-dealkylation sites (N-methyl/N-ethyl adjacent to an activating group) is 1. The molecule has 3 nitrogen and oxygen atoms in total. The van der Waals surface area contributed by atoms with E-state index in [9.17, 15) is 0 Å². The summed E-state index contributed by atoms with van der Waals surface area (Å²) in [4.78, 5) is 2.77. The van der Waals surface area contributed by atoms with Gasteiger partial charge in [0.2, 0.25) is 0 Å². The van der Waals surface area contributed by atoms with Gasteiger partial charge in [0.25, 0.3) is 0 Å². The maximum absolute atomic E-state index is 5.57. The Morgan fingerprint density at radius 3 is 2.37 bits per heavy atom. The summed E-state index contributed by atoms with van der Waals surface area (Å²) in [6.07, 6.45) is 11.4. The van der Waals surface area contributed by atoms with E-state index in [4.69, 9.17) is 4.74 Å². The molecule has 3 rings (SSSR count). The van der Waals surface area contributed by atoms with Crippen LogP contribution in [0.3, 0.4) is 0 Å². The van der Waals surface area contributed by atoms with E-state index in [1.807, 2.05) is 0 Å². The van der Waals surface area contributed by atoms with Gasteiger partial charge in [-0.1, -0.05) is 32.1 Å². The fourth-order valence-electron chi connectivity index (χ4n) is 4.55. The van der Waals surface area contributed by atoms with E-state index >= 15 is 0 Å². The monoisotopic (exact) mass is 266 g/mol. The van der Waals surface area contributed by atoms with E-state index < -0.39 is 0 Å². The molecule has 0 bridgehead atoms. The third kappa shape index (κ3) is 2.70. The third-order valence-corrected chi connectivity index (χ3v) is 5.90. The van der Waals surface area contributed by atoms with Gasteiger partial charge in [0.15, 0.2) is 0 Å². The number of nitrogens with zero attached hydrogens (tertiary/aromatic N) is 1. The molecule has 0 spiro atoms. The van der Waals surface area contributed by atoms with Crippen LogP contribution < -0.4 is 5.32 Å². The Hall–Kier alpha value is -0.120. The minimum absolute atomic E-state index is 0.439. The molecule has 1 heterocycles. The van der Waals surface area contributed by atoms with Gasteiger partial charge in [0, 0.05) is 24.7 Å². The van der Waals surface area contributed by atoms with Crippen molar-refractivity contribution in [1.29, 1.82) is 0 Å². The molecule has 3 fully saturated rings. The second-order valence-corrected chi connectivity index (χ2v) is 6.78. The lowest BCUT2D eigenvalue weighted by Gasteiger charge is -2.49. The Kier molecular flexibility index (Phi) is 4.45. The second-order valence-electron chi connectivity index (χ2n) is 6.78. The van der Waals surface area contributed by atoms with Crippen molar-refractivity contribution < 1.29 is 4.74 Å². The lowest BCUT2D eigenvalue weighted by atomic mass is 9.74. The van der Waals surface area contributed by atoms with Crippen molar-refractivity contribution in [3.05, 3.63) is 0 Å². The van der Waals surface area contributed by atoms with E-state index in [0.717, 1.165) is 32.2 Å². The molecule has 0 aromatic carbocycles. The fourth-order valence-corrected chi connectivity index (χ4v) is 4.55. The predicted molar refractivity (Wildman–Crippen MR) is 78.4 cm³/mol. The maximum Gasteiger partial charge on any atom is 0.0594 e. The fraction of sp³-hybridized carbons (Fsp3) is 1.00. The zero-order chi connectivity index (χ0) is 13.1. The maximum atomic E-state index is 5.57. The number of morpholine rings is 1. The molecular weight excluding hydrogens is 236 g/mol. The van der Waals surface area contributed by atoms with Gasteiger partial charge in [0.1, 0.15) is 0 Å². The van der Waals surface area contributed by atoms with E-state index in [1.54, 1.807) is 0 Å². The third-order valence-electron chi connectivity index (χ3n) is 5.90. The van der Waals surface area contributed by atoms with Crippen LogP contribution in [0.5, 0.6) is 0 Å². The van der Waals surface area contributed by atoms with Gasteiger partial charge in [-0.15, -0.1) is 0 Å². The number of hydrogen-bond donors (Lipinski definition) is 1. The molecule has 2 saturated carbocycles. The van der Waals surface area contributed by atoms with Crippen LogP contribution in [0.4, 0.5) is 0 Å². The molecule has 0 aromatic heterocycles. The summed E-state index contributed by atoms with van der Waals surface area (Å²) in [5.41, 5.74) is 0.439. The highest BCUT2D eigenvalue weighted by molar-refractivity contribution is 5.04. The van der Waals surface area contributed by atoms with Crippen LogP contribution in [0, 0.1) is 5.92 Å². The number of rotatable bonds is 5. The first-order valence-corrected chi connectivity index (χ1v) is 8.35. The molecule has 19 heavy (non-hydrogen) atoms. The molecule has 1 N–H and O–H groups in total. The first kappa shape index (κ1) is 13.8. The molecule has 3 aliphatic rings. The molecule has 3 heteroatoms. The number of nitrogens with one attached hydrogen (secondary N) is 1. The summed E-state index contributed by atoms with van der Waals surface area (Å²) in [6.45, 7) is 4.15. The SMILES string of the molecule is CNC(CC1CCC1)C1(N2CCOCC2)CCCC1. The molecular formula is C16H30N2O. The summed E-state index contributed by atoms with van der Waals surface area (Å²) in [5.74, 6) is 0.996. The predicted octanol–water partition coefficient (Wildman–Crippen LogP) is 2.41. The van der Waals surface area contributed by atoms with Crippen LogP contribution >= 0.6 is 0 Å². The average molecular weight is 266 g/mol. The topological polar surface area (TPSA) is 24.5 Å². The molecule has 2 aliphatic carbocycles. The Balaban J connectivity index is 1.72. The first-order valence-electron chi connectivity index (χ1n) is 8.35. The molecule has 0 radical (unpaired) electrons. The van der Waals surface area contributed by atoms with Crippen molar-refractivity contribution in [1.82, 2.24) is 10.2 Å². The molecule has 0 amide bonds. The van der Waals surface area contributed by atoms with Gasteiger partial charge in [-0.25, -0.2) is 0 Å².